The van der Waals surface area contributed by atoms with Crippen LogP contribution in [0.3, 0.4) is 0 Å². The number of rotatable bonds is 3. The maximum atomic E-state index is 10.9. The minimum Gasteiger partial charge on any atom is -0.433 e. The second-order valence-electron chi connectivity index (χ2n) is 4.46. The Morgan fingerprint density at radius 1 is 1.40 bits per heavy atom. The Bertz CT molecular complexity index is 828. The van der Waals surface area contributed by atoms with Gasteiger partial charge in [-0.2, -0.15) is 0 Å². The first-order chi connectivity index (χ1) is 9.56. The van der Waals surface area contributed by atoms with Crippen LogP contribution >= 0.6 is 11.8 Å². The lowest BCUT2D eigenvalue weighted by molar-refractivity contribution is -0.115. The van der Waals surface area contributed by atoms with Crippen LogP contribution in [0.2, 0.25) is 0 Å². The standard InChI is InChI=1S/C13H12N4O2S/c1-6-3-8-10-11(19-12(8)17-7(6)2)13(16-5-15-10)20-4-9(14)18/h3,5H,4H2,1-2H3,(H2,14,18). The van der Waals surface area contributed by atoms with Crippen molar-refractivity contribution >= 4 is 39.9 Å². The van der Waals surface area contributed by atoms with Gasteiger partial charge < -0.3 is 10.2 Å². The number of hydrogen-bond donors (Lipinski definition) is 1. The number of aromatic nitrogens is 3. The molecule has 20 heavy (non-hydrogen) atoms. The number of nitrogens with zero attached hydrogens (tertiary/aromatic N) is 3. The third kappa shape index (κ3) is 2.09. The molecule has 0 aliphatic heterocycles. The van der Waals surface area contributed by atoms with Crippen LogP contribution in [-0.4, -0.2) is 26.6 Å². The zero-order valence-electron chi connectivity index (χ0n) is 11.0. The summed E-state index contributed by atoms with van der Waals surface area (Å²) in [4.78, 5) is 23.7. The summed E-state index contributed by atoms with van der Waals surface area (Å²) in [6, 6.07) is 2.00. The van der Waals surface area contributed by atoms with Crippen molar-refractivity contribution in [1.82, 2.24) is 15.0 Å². The lowest BCUT2D eigenvalue weighted by atomic mass is 10.2. The number of nitrogens with two attached hydrogens (primary N) is 1. The van der Waals surface area contributed by atoms with Crippen LogP contribution < -0.4 is 5.73 Å². The van der Waals surface area contributed by atoms with Crippen molar-refractivity contribution in [3.05, 3.63) is 23.7 Å². The van der Waals surface area contributed by atoms with Crippen LogP contribution in [-0.2, 0) is 4.79 Å². The van der Waals surface area contributed by atoms with Gasteiger partial charge in [0.2, 0.25) is 11.6 Å². The van der Waals surface area contributed by atoms with Gasteiger partial charge in [-0.05, 0) is 25.5 Å². The number of pyridine rings is 1. The minimum absolute atomic E-state index is 0.147. The van der Waals surface area contributed by atoms with Crippen molar-refractivity contribution in [2.45, 2.75) is 18.9 Å². The quantitative estimate of drug-likeness (QED) is 0.584. The zero-order chi connectivity index (χ0) is 14.3. The first kappa shape index (κ1) is 12.9. The minimum atomic E-state index is -0.400. The highest BCUT2D eigenvalue weighted by molar-refractivity contribution is 8.00. The second kappa shape index (κ2) is 4.75. The van der Waals surface area contributed by atoms with Gasteiger partial charge in [-0.1, -0.05) is 11.8 Å². The van der Waals surface area contributed by atoms with E-state index in [9.17, 15) is 4.79 Å². The van der Waals surface area contributed by atoms with Gasteiger partial charge in [-0.25, -0.2) is 15.0 Å². The van der Waals surface area contributed by atoms with Crippen molar-refractivity contribution in [1.29, 1.82) is 0 Å². The molecule has 3 aromatic heterocycles. The largest absolute Gasteiger partial charge is 0.433 e. The molecule has 3 rings (SSSR count). The topological polar surface area (TPSA) is 94.9 Å². The zero-order valence-corrected chi connectivity index (χ0v) is 11.8. The molecule has 6 nitrogen and oxygen atoms in total. The summed E-state index contributed by atoms with van der Waals surface area (Å²) in [5.41, 5.74) is 8.93. The van der Waals surface area contributed by atoms with Crippen LogP contribution in [0.1, 0.15) is 11.3 Å². The van der Waals surface area contributed by atoms with E-state index in [1.807, 2.05) is 19.9 Å². The Balaban J connectivity index is 2.22. The molecular weight excluding hydrogens is 276 g/mol. The molecule has 0 fully saturated rings. The highest BCUT2D eigenvalue weighted by Gasteiger charge is 2.15. The van der Waals surface area contributed by atoms with E-state index in [4.69, 9.17) is 10.2 Å². The van der Waals surface area contributed by atoms with E-state index in [0.717, 1.165) is 16.6 Å². The monoisotopic (exact) mass is 288 g/mol. The van der Waals surface area contributed by atoms with Crippen LogP contribution in [0, 0.1) is 13.8 Å². The molecule has 102 valence electrons. The molecule has 3 heterocycles. The fourth-order valence-corrected chi connectivity index (χ4v) is 2.58. The van der Waals surface area contributed by atoms with Gasteiger partial charge >= 0.3 is 0 Å². The van der Waals surface area contributed by atoms with Crippen LogP contribution in [0.15, 0.2) is 21.8 Å². The molecule has 7 heteroatoms. The fraction of sp³-hybridized carbons (Fsp3) is 0.231. The van der Waals surface area contributed by atoms with E-state index in [1.54, 1.807) is 0 Å². The van der Waals surface area contributed by atoms with Gasteiger partial charge in [0.25, 0.3) is 0 Å². The Labute approximate surface area is 118 Å². The lowest BCUT2D eigenvalue weighted by Crippen LogP contribution is -2.13. The molecule has 0 aromatic carbocycles. The molecule has 1 amide bonds. The molecule has 0 aliphatic rings. The number of fused-ring (bicyclic) bond motifs is 3. The summed E-state index contributed by atoms with van der Waals surface area (Å²) in [6.45, 7) is 3.92. The Morgan fingerprint density at radius 2 is 2.20 bits per heavy atom. The van der Waals surface area contributed by atoms with Crippen LogP contribution in [0.4, 0.5) is 0 Å². The molecule has 0 spiro atoms. The highest BCUT2D eigenvalue weighted by Crippen LogP contribution is 2.32. The summed E-state index contributed by atoms with van der Waals surface area (Å²) in [6.07, 6.45) is 1.45. The summed E-state index contributed by atoms with van der Waals surface area (Å²) < 4.78 is 5.74. The lowest BCUT2D eigenvalue weighted by Gasteiger charge is -1.97. The second-order valence-corrected chi connectivity index (χ2v) is 5.42. The normalized spacial score (nSPS) is 11.3. The smallest absolute Gasteiger partial charge is 0.229 e. The number of amides is 1. The Morgan fingerprint density at radius 3 is 2.95 bits per heavy atom. The maximum Gasteiger partial charge on any atom is 0.229 e. The van der Waals surface area contributed by atoms with Gasteiger partial charge in [0.05, 0.1) is 11.1 Å². The SMILES string of the molecule is Cc1cc2c(nc1C)oc1c(SCC(N)=O)ncnc12. The highest BCUT2D eigenvalue weighted by atomic mass is 32.2. The van der Waals surface area contributed by atoms with E-state index in [1.165, 1.54) is 18.1 Å². The molecule has 0 unspecified atom stereocenters. The van der Waals surface area contributed by atoms with Crippen molar-refractivity contribution in [3.8, 4) is 0 Å². The third-order valence-electron chi connectivity index (χ3n) is 3.01. The number of carbonyl (C=O) groups is 1. The molecule has 2 N–H and O–H groups in total. The number of hydrogen-bond acceptors (Lipinski definition) is 6. The van der Waals surface area contributed by atoms with Gasteiger partial charge in [0, 0.05) is 5.69 Å². The van der Waals surface area contributed by atoms with Gasteiger partial charge in [-0.15, -0.1) is 0 Å². The Kier molecular flexibility index (Phi) is 3.06. The summed E-state index contributed by atoms with van der Waals surface area (Å²) >= 11 is 1.23. The van der Waals surface area contributed by atoms with Gasteiger partial charge in [0.15, 0.2) is 5.58 Å². The molecule has 0 aliphatic carbocycles. The van der Waals surface area contributed by atoms with Crippen molar-refractivity contribution in [3.63, 3.8) is 0 Å². The van der Waals surface area contributed by atoms with Crippen molar-refractivity contribution < 1.29 is 9.21 Å². The van der Waals surface area contributed by atoms with Gasteiger partial charge in [-0.3, -0.25) is 4.79 Å². The number of thioether (sulfide) groups is 1. The van der Waals surface area contributed by atoms with E-state index >= 15 is 0 Å². The molecule has 0 saturated carbocycles. The first-order valence-electron chi connectivity index (χ1n) is 5.99. The third-order valence-corrected chi connectivity index (χ3v) is 4.00. The summed E-state index contributed by atoms with van der Waals surface area (Å²) in [5, 5.41) is 1.45. The average molecular weight is 288 g/mol. The first-order valence-corrected chi connectivity index (χ1v) is 6.97. The van der Waals surface area contributed by atoms with Crippen molar-refractivity contribution in [2.24, 2.45) is 5.73 Å². The van der Waals surface area contributed by atoms with Crippen LogP contribution in [0.5, 0.6) is 0 Å². The van der Waals surface area contributed by atoms with Crippen LogP contribution in [0.25, 0.3) is 22.2 Å². The summed E-state index contributed by atoms with van der Waals surface area (Å²) in [5.74, 6) is -0.253. The number of furan rings is 1. The predicted molar refractivity (Wildman–Crippen MR) is 76.5 cm³/mol. The summed E-state index contributed by atoms with van der Waals surface area (Å²) in [7, 11) is 0. The predicted octanol–water partition coefficient (Wildman–Crippen LogP) is 1.97. The Hall–Kier alpha value is -2.15. The molecule has 3 aromatic rings. The molecule has 0 radical (unpaired) electrons. The number of aryl methyl sites for hydroxylation is 2. The van der Waals surface area contributed by atoms with E-state index in [0.29, 0.717) is 21.8 Å². The maximum absolute atomic E-state index is 10.9. The van der Waals surface area contributed by atoms with E-state index in [-0.39, 0.29) is 5.75 Å². The number of primary amides is 1. The number of carbonyl (C=O) groups excluding carboxylic acids is 1. The van der Waals surface area contributed by atoms with E-state index in [2.05, 4.69) is 15.0 Å². The molecule has 0 saturated heterocycles. The van der Waals surface area contributed by atoms with Crippen molar-refractivity contribution in [2.75, 3.05) is 5.75 Å². The molecule has 0 bridgehead atoms. The fourth-order valence-electron chi connectivity index (χ4n) is 1.91. The molecule has 0 atom stereocenters. The average Bonchev–Trinajstić information content (AvgIpc) is 2.75. The van der Waals surface area contributed by atoms with Gasteiger partial charge in [0.1, 0.15) is 16.9 Å². The van der Waals surface area contributed by atoms with E-state index < -0.39 is 5.91 Å². The molecular formula is C13H12N4O2S.